The smallest absolute Gasteiger partial charge is 0.191 e. The third kappa shape index (κ3) is 14.1. The summed E-state index contributed by atoms with van der Waals surface area (Å²) in [5.41, 5.74) is 0.942. The molecule has 78 valence electrons. The highest BCUT2D eigenvalue weighted by molar-refractivity contribution is 4.90. The quantitative estimate of drug-likeness (QED) is 0.611. The first-order valence-electron chi connectivity index (χ1n) is 4.91. The largest absolute Gasteiger partial charge is 0.449 e. The van der Waals surface area contributed by atoms with Gasteiger partial charge in [0.1, 0.15) is 6.26 Å². The fourth-order valence-corrected chi connectivity index (χ4v) is 0.472. The summed E-state index contributed by atoms with van der Waals surface area (Å²) in [6.45, 7) is 14.2. The van der Waals surface area contributed by atoms with Gasteiger partial charge in [0, 0.05) is 6.92 Å². The highest BCUT2D eigenvalue weighted by Crippen LogP contribution is 1.95. The van der Waals surface area contributed by atoms with Crippen LogP contribution in [0.3, 0.4) is 0 Å². The van der Waals surface area contributed by atoms with Crippen LogP contribution in [0.2, 0.25) is 0 Å². The lowest BCUT2D eigenvalue weighted by atomic mass is 10.3. The molecule has 0 spiro atoms. The summed E-state index contributed by atoms with van der Waals surface area (Å²) in [6.07, 6.45) is 1.63. The van der Waals surface area contributed by atoms with E-state index in [1.165, 1.54) is 0 Å². The molecule has 1 aromatic rings. The van der Waals surface area contributed by atoms with Crippen LogP contribution in [-0.2, 0) is 0 Å². The Hall–Kier alpha value is -0.790. The van der Waals surface area contributed by atoms with E-state index >= 15 is 0 Å². The second-order valence-corrected chi connectivity index (χ2v) is 3.24. The van der Waals surface area contributed by atoms with Gasteiger partial charge in [-0.2, -0.15) is 0 Å². The summed E-state index contributed by atoms with van der Waals surface area (Å²) < 4.78 is 4.85. The summed E-state index contributed by atoms with van der Waals surface area (Å²) in [7, 11) is 0. The van der Waals surface area contributed by atoms with Crippen LogP contribution in [0.4, 0.5) is 0 Å². The lowest BCUT2D eigenvalue weighted by Crippen LogP contribution is -1.67. The zero-order valence-corrected chi connectivity index (χ0v) is 10.0. The van der Waals surface area contributed by atoms with Crippen molar-refractivity contribution in [3.63, 3.8) is 0 Å². The predicted octanol–water partition coefficient (Wildman–Crippen LogP) is 3.98. The molecule has 1 aromatic heterocycles. The number of aromatic nitrogens is 1. The molecule has 0 aliphatic carbocycles. The Balaban J connectivity index is 0. The molecule has 1 heterocycles. The predicted molar refractivity (Wildman–Crippen MR) is 57.8 cm³/mol. The molecule has 0 aliphatic rings. The van der Waals surface area contributed by atoms with Gasteiger partial charge in [-0.3, -0.25) is 0 Å². The molecule has 2 heteroatoms. The normalized spacial score (nSPS) is 8.31. The van der Waals surface area contributed by atoms with E-state index in [9.17, 15) is 0 Å². The van der Waals surface area contributed by atoms with E-state index in [1.807, 2.05) is 27.7 Å². The van der Waals surface area contributed by atoms with Gasteiger partial charge >= 0.3 is 0 Å². The topological polar surface area (TPSA) is 26.0 Å². The van der Waals surface area contributed by atoms with Crippen LogP contribution < -0.4 is 0 Å². The van der Waals surface area contributed by atoms with Crippen LogP contribution in [0.1, 0.15) is 46.2 Å². The summed E-state index contributed by atoms with van der Waals surface area (Å²) in [4.78, 5) is 3.94. The van der Waals surface area contributed by atoms with Crippen LogP contribution in [0.5, 0.6) is 0 Å². The van der Waals surface area contributed by atoms with Gasteiger partial charge in [-0.15, -0.1) is 0 Å². The highest BCUT2D eigenvalue weighted by atomic mass is 16.3. The van der Waals surface area contributed by atoms with Crippen LogP contribution in [0.15, 0.2) is 10.7 Å². The molecule has 0 saturated carbocycles. The Morgan fingerprint density at radius 1 is 1.15 bits per heavy atom. The van der Waals surface area contributed by atoms with Gasteiger partial charge in [0.15, 0.2) is 5.89 Å². The summed E-state index contributed by atoms with van der Waals surface area (Å²) in [5, 5.41) is 0. The lowest BCUT2D eigenvalue weighted by Gasteiger charge is -1.79. The molecule has 2 nitrogen and oxygen atoms in total. The SMILES string of the molecule is CC.CC(C)C.Cc1coc(C)n1. The van der Waals surface area contributed by atoms with E-state index in [-0.39, 0.29) is 0 Å². The minimum atomic E-state index is 0.734. The third-order valence-electron chi connectivity index (χ3n) is 0.734. The van der Waals surface area contributed by atoms with Crippen LogP contribution >= 0.6 is 0 Å². The molecule has 0 radical (unpaired) electrons. The maximum absolute atomic E-state index is 4.85. The number of nitrogens with zero attached hydrogens (tertiary/aromatic N) is 1. The fourth-order valence-electron chi connectivity index (χ4n) is 0.472. The fraction of sp³-hybridized carbons (Fsp3) is 0.727. The minimum absolute atomic E-state index is 0.734. The number of rotatable bonds is 0. The van der Waals surface area contributed by atoms with Crippen molar-refractivity contribution >= 4 is 0 Å². The molecule has 0 unspecified atom stereocenters. The van der Waals surface area contributed by atoms with Crippen molar-refractivity contribution in [3.8, 4) is 0 Å². The van der Waals surface area contributed by atoms with E-state index < -0.39 is 0 Å². The molecule has 0 aliphatic heterocycles. The third-order valence-corrected chi connectivity index (χ3v) is 0.734. The number of aryl methyl sites for hydroxylation is 2. The first-order valence-corrected chi connectivity index (χ1v) is 4.91. The Morgan fingerprint density at radius 2 is 1.54 bits per heavy atom. The van der Waals surface area contributed by atoms with Crippen molar-refractivity contribution in [1.29, 1.82) is 0 Å². The van der Waals surface area contributed by atoms with Crippen molar-refractivity contribution < 1.29 is 4.42 Å². The zero-order chi connectivity index (χ0) is 10.9. The highest BCUT2D eigenvalue weighted by Gasteiger charge is 1.87. The van der Waals surface area contributed by atoms with Crippen molar-refractivity contribution in [3.05, 3.63) is 17.8 Å². The zero-order valence-electron chi connectivity index (χ0n) is 10.0. The van der Waals surface area contributed by atoms with Gasteiger partial charge < -0.3 is 4.42 Å². The average molecular weight is 185 g/mol. The standard InChI is InChI=1S/C5H7NO.C4H10.C2H6/c1-4-3-7-5(2)6-4;1-4(2)3;1-2/h3H,1-2H3;4H,1-3H3;1-2H3. The molecule has 0 bridgehead atoms. The lowest BCUT2D eigenvalue weighted by molar-refractivity contribution is 0.521. The van der Waals surface area contributed by atoms with Gasteiger partial charge in [0.2, 0.25) is 0 Å². The molecular weight excluding hydrogens is 162 g/mol. The van der Waals surface area contributed by atoms with Crippen molar-refractivity contribution in [2.24, 2.45) is 5.92 Å². The van der Waals surface area contributed by atoms with Crippen LogP contribution in [0, 0.1) is 19.8 Å². The van der Waals surface area contributed by atoms with Gasteiger partial charge in [0.25, 0.3) is 0 Å². The van der Waals surface area contributed by atoms with Crippen molar-refractivity contribution in [2.45, 2.75) is 48.5 Å². The van der Waals surface area contributed by atoms with Gasteiger partial charge in [-0.05, 0) is 12.8 Å². The molecule has 0 N–H and O–H groups in total. The molecule has 0 fully saturated rings. The van der Waals surface area contributed by atoms with E-state index in [4.69, 9.17) is 4.42 Å². The van der Waals surface area contributed by atoms with E-state index in [1.54, 1.807) is 6.26 Å². The van der Waals surface area contributed by atoms with Crippen LogP contribution in [-0.4, -0.2) is 4.98 Å². The molecule has 0 aromatic carbocycles. The minimum Gasteiger partial charge on any atom is -0.449 e. The molecule has 0 saturated heterocycles. The van der Waals surface area contributed by atoms with Crippen LogP contribution in [0.25, 0.3) is 0 Å². The Kier molecular flexibility index (Phi) is 10.5. The van der Waals surface area contributed by atoms with Gasteiger partial charge in [-0.25, -0.2) is 4.98 Å². The van der Waals surface area contributed by atoms with Crippen molar-refractivity contribution in [2.75, 3.05) is 0 Å². The second-order valence-electron chi connectivity index (χ2n) is 3.24. The first kappa shape index (κ1) is 14.7. The molecule has 0 atom stereocenters. The van der Waals surface area contributed by atoms with E-state index in [0.717, 1.165) is 17.5 Å². The van der Waals surface area contributed by atoms with Gasteiger partial charge in [-0.1, -0.05) is 34.6 Å². The monoisotopic (exact) mass is 185 g/mol. The maximum Gasteiger partial charge on any atom is 0.191 e. The molecule has 1 rings (SSSR count). The molecular formula is C11H23NO. The molecule has 13 heavy (non-hydrogen) atoms. The summed E-state index contributed by atoms with van der Waals surface area (Å²) in [5.74, 6) is 1.57. The molecule has 0 amide bonds. The number of hydrogen-bond donors (Lipinski definition) is 0. The van der Waals surface area contributed by atoms with Crippen molar-refractivity contribution in [1.82, 2.24) is 4.98 Å². The van der Waals surface area contributed by atoms with Gasteiger partial charge in [0.05, 0.1) is 5.69 Å². The average Bonchev–Trinajstić information content (AvgIpc) is 2.38. The summed E-state index contributed by atoms with van der Waals surface area (Å²) in [6, 6.07) is 0. The first-order chi connectivity index (χ1) is 6.02. The number of oxazole rings is 1. The number of hydrogen-bond acceptors (Lipinski definition) is 2. The maximum atomic E-state index is 4.85. The second kappa shape index (κ2) is 9.30. The van der Waals surface area contributed by atoms with E-state index in [0.29, 0.717) is 0 Å². The Morgan fingerprint density at radius 3 is 1.62 bits per heavy atom. The van der Waals surface area contributed by atoms with E-state index in [2.05, 4.69) is 25.8 Å². The summed E-state index contributed by atoms with van der Waals surface area (Å²) >= 11 is 0. The Bertz CT molecular complexity index is 172. The Labute approximate surface area is 82.4 Å².